The molecule has 8 heteroatoms. The fraction of sp³-hybridized carbons (Fsp3) is 0.533. The van der Waals surface area contributed by atoms with Gasteiger partial charge in [-0.15, -0.1) is 0 Å². The molecule has 1 saturated heterocycles. The summed E-state index contributed by atoms with van der Waals surface area (Å²) >= 11 is 0. The summed E-state index contributed by atoms with van der Waals surface area (Å²) in [5.41, 5.74) is 0.816. The Hall–Kier alpha value is -1.80. The molecule has 3 rings (SSSR count). The summed E-state index contributed by atoms with van der Waals surface area (Å²) in [6.45, 7) is 2.22. The first kappa shape index (κ1) is 16.1. The average Bonchev–Trinajstić information content (AvgIpc) is 2.95. The molecule has 0 aromatic carbocycles. The van der Waals surface area contributed by atoms with Crippen molar-refractivity contribution in [1.82, 2.24) is 20.0 Å². The minimum Gasteiger partial charge on any atom is -0.338 e. The third-order valence-electron chi connectivity index (χ3n) is 3.89. The van der Waals surface area contributed by atoms with Crippen molar-refractivity contribution < 1.29 is 12.9 Å². The fourth-order valence-electron chi connectivity index (χ4n) is 2.98. The van der Waals surface area contributed by atoms with Crippen molar-refractivity contribution >= 4 is 9.84 Å². The van der Waals surface area contributed by atoms with Gasteiger partial charge in [-0.1, -0.05) is 5.16 Å². The Bertz CT molecular complexity index is 745. The summed E-state index contributed by atoms with van der Waals surface area (Å²) in [6.07, 6.45) is 6.63. The van der Waals surface area contributed by atoms with Crippen molar-refractivity contribution in [1.29, 1.82) is 0 Å². The van der Waals surface area contributed by atoms with Gasteiger partial charge in [0, 0.05) is 30.8 Å². The smallest absolute Gasteiger partial charge is 0.241 e. The van der Waals surface area contributed by atoms with Crippen LogP contribution in [0.2, 0.25) is 0 Å². The van der Waals surface area contributed by atoms with Gasteiger partial charge in [-0.25, -0.2) is 8.42 Å². The van der Waals surface area contributed by atoms with E-state index >= 15 is 0 Å². The summed E-state index contributed by atoms with van der Waals surface area (Å²) in [6, 6.07) is 3.70. The van der Waals surface area contributed by atoms with E-state index < -0.39 is 9.84 Å². The van der Waals surface area contributed by atoms with Crippen molar-refractivity contribution in [3.8, 4) is 11.4 Å². The Morgan fingerprint density at radius 1 is 1.43 bits per heavy atom. The first-order chi connectivity index (χ1) is 11.0. The van der Waals surface area contributed by atoms with Crippen LogP contribution in [0.5, 0.6) is 0 Å². The standard InChI is InChI=1S/C15H20N4O3S/c1-23(20,21)11-12-4-3-7-19(9-12)10-14-17-15(18-22-14)13-5-2-6-16-8-13/h2,5-6,8,12H,3-4,7,9-11H2,1H3. The summed E-state index contributed by atoms with van der Waals surface area (Å²) in [4.78, 5) is 10.6. The van der Waals surface area contributed by atoms with E-state index in [0.29, 0.717) is 18.3 Å². The van der Waals surface area contributed by atoms with E-state index in [1.807, 2.05) is 12.1 Å². The molecular formula is C15H20N4O3S. The first-order valence-corrected chi connectivity index (χ1v) is 9.69. The van der Waals surface area contributed by atoms with E-state index in [-0.39, 0.29) is 11.7 Å². The molecule has 1 aliphatic heterocycles. The maximum Gasteiger partial charge on any atom is 0.241 e. The quantitative estimate of drug-likeness (QED) is 0.815. The highest BCUT2D eigenvalue weighted by molar-refractivity contribution is 7.90. The molecule has 3 heterocycles. The second kappa shape index (κ2) is 6.76. The molecule has 1 aliphatic rings. The van der Waals surface area contributed by atoms with Gasteiger partial charge in [0.25, 0.3) is 0 Å². The van der Waals surface area contributed by atoms with Crippen molar-refractivity contribution in [2.45, 2.75) is 19.4 Å². The number of likely N-dealkylation sites (tertiary alicyclic amines) is 1. The molecular weight excluding hydrogens is 316 g/mol. The Kier molecular flexibility index (Phi) is 4.72. The van der Waals surface area contributed by atoms with Crippen LogP contribution in [0.3, 0.4) is 0 Å². The highest BCUT2D eigenvalue weighted by Gasteiger charge is 2.24. The van der Waals surface area contributed by atoms with Crippen LogP contribution in [-0.2, 0) is 16.4 Å². The van der Waals surface area contributed by atoms with E-state index in [1.54, 1.807) is 12.4 Å². The lowest BCUT2D eigenvalue weighted by atomic mass is 10.0. The minimum absolute atomic E-state index is 0.180. The van der Waals surface area contributed by atoms with Crippen molar-refractivity contribution in [3.05, 3.63) is 30.4 Å². The zero-order chi connectivity index (χ0) is 16.3. The van der Waals surface area contributed by atoms with Crippen LogP contribution in [0.25, 0.3) is 11.4 Å². The van der Waals surface area contributed by atoms with Gasteiger partial charge in [0.1, 0.15) is 9.84 Å². The lowest BCUT2D eigenvalue weighted by Crippen LogP contribution is -2.37. The maximum absolute atomic E-state index is 11.5. The average molecular weight is 336 g/mol. The Balaban J connectivity index is 1.62. The lowest BCUT2D eigenvalue weighted by molar-refractivity contribution is 0.158. The monoisotopic (exact) mass is 336 g/mol. The molecule has 0 spiro atoms. The van der Waals surface area contributed by atoms with Crippen LogP contribution < -0.4 is 0 Å². The molecule has 124 valence electrons. The van der Waals surface area contributed by atoms with Crippen LogP contribution in [0.1, 0.15) is 18.7 Å². The second-order valence-corrected chi connectivity index (χ2v) is 8.27. The number of piperidine rings is 1. The van der Waals surface area contributed by atoms with E-state index in [1.165, 1.54) is 6.26 Å². The number of sulfone groups is 1. The van der Waals surface area contributed by atoms with Gasteiger partial charge in [0.05, 0.1) is 12.3 Å². The molecule has 0 saturated carbocycles. The third kappa shape index (κ3) is 4.59. The highest BCUT2D eigenvalue weighted by atomic mass is 32.2. The van der Waals surface area contributed by atoms with E-state index in [4.69, 9.17) is 4.52 Å². The largest absolute Gasteiger partial charge is 0.338 e. The van der Waals surface area contributed by atoms with Crippen LogP contribution in [0.15, 0.2) is 29.0 Å². The van der Waals surface area contributed by atoms with Crippen LogP contribution in [-0.4, -0.2) is 53.5 Å². The van der Waals surface area contributed by atoms with E-state index in [2.05, 4.69) is 20.0 Å². The first-order valence-electron chi connectivity index (χ1n) is 7.63. The number of hydrogen-bond donors (Lipinski definition) is 0. The van der Waals surface area contributed by atoms with E-state index in [0.717, 1.165) is 31.5 Å². The number of nitrogens with zero attached hydrogens (tertiary/aromatic N) is 4. The second-order valence-electron chi connectivity index (χ2n) is 6.09. The van der Waals surface area contributed by atoms with Crippen LogP contribution in [0, 0.1) is 5.92 Å². The zero-order valence-electron chi connectivity index (χ0n) is 13.1. The predicted molar refractivity (Wildman–Crippen MR) is 85.2 cm³/mol. The molecule has 1 atom stereocenters. The van der Waals surface area contributed by atoms with Crippen molar-refractivity contribution in [3.63, 3.8) is 0 Å². The van der Waals surface area contributed by atoms with Crippen molar-refractivity contribution in [2.24, 2.45) is 5.92 Å². The summed E-state index contributed by atoms with van der Waals surface area (Å²) in [5, 5.41) is 3.98. The van der Waals surface area contributed by atoms with Gasteiger partial charge in [0.15, 0.2) is 0 Å². The highest BCUT2D eigenvalue weighted by Crippen LogP contribution is 2.20. The molecule has 2 aromatic heterocycles. The molecule has 0 aliphatic carbocycles. The fourth-order valence-corrected chi connectivity index (χ4v) is 4.11. The SMILES string of the molecule is CS(=O)(=O)CC1CCCN(Cc2nc(-c3cccnc3)no2)C1. The van der Waals surface area contributed by atoms with Crippen LogP contribution in [0.4, 0.5) is 0 Å². The van der Waals surface area contributed by atoms with Gasteiger partial charge in [0.2, 0.25) is 11.7 Å². The molecule has 1 unspecified atom stereocenters. The number of aromatic nitrogens is 3. The predicted octanol–water partition coefficient (Wildman–Crippen LogP) is 1.39. The molecule has 0 bridgehead atoms. The Labute approximate surface area is 135 Å². The summed E-state index contributed by atoms with van der Waals surface area (Å²) < 4.78 is 28.2. The zero-order valence-corrected chi connectivity index (χ0v) is 13.9. The number of hydrogen-bond acceptors (Lipinski definition) is 7. The van der Waals surface area contributed by atoms with Gasteiger partial charge in [-0.2, -0.15) is 4.98 Å². The maximum atomic E-state index is 11.5. The Morgan fingerprint density at radius 3 is 3.04 bits per heavy atom. The van der Waals surface area contributed by atoms with E-state index in [9.17, 15) is 8.42 Å². The number of pyridine rings is 1. The normalized spacial score (nSPS) is 19.8. The number of rotatable bonds is 5. The third-order valence-corrected chi connectivity index (χ3v) is 4.97. The van der Waals surface area contributed by atoms with Gasteiger partial charge in [-0.3, -0.25) is 9.88 Å². The molecule has 0 amide bonds. The molecule has 1 fully saturated rings. The Morgan fingerprint density at radius 2 is 2.30 bits per heavy atom. The molecule has 0 radical (unpaired) electrons. The molecule has 0 N–H and O–H groups in total. The molecule has 2 aromatic rings. The molecule has 7 nitrogen and oxygen atoms in total. The van der Waals surface area contributed by atoms with Gasteiger partial charge < -0.3 is 4.52 Å². The summed E-state index contributed by atoms with van der Waals surface area (Å²) in [5.74, 6) is 1.50. The summed E-state index contributed by atoms with van der Waals surface area (Å²) in [7, 11) is -2.94. The van der Waals surface area contributed by atoms with Crippen LogP contribution >= 0.6 is 0 Å². The lowest BCUT2D eigenvalue weighted by Gasteiger charge is -2.31. The minimum atomic E-state index is -2.94. The van der Waals surface area contributed by atoms with Crippen molar-refractivity contribution in [2.75, 3.05) is 25.1 Å². The topological polar surface area (TPSA) is 89.2 Å². The van der Waals surface area contributed by atoms with Gasteiger partial charge in [-0.05, 0) is 37.4 Å². The molecule has 23 heavy (non-hydrogen) atoms. The van der Waals surface area contributed by atoms with Gasteiger partial charge >= 0.3 is 0 Å².